The SMILES string of the molecule is COC1=CCC(N)(NC2=C3C(=O)c4ccccc4C(=O)C3=CCC2)C=C1. The molecule has 0 saturated carbocycles. The van der Waals surface area contributed by atoms with Crippen molar-refractivity contribution >= 4 is 11.6 Å². The fraction of sp³-hybridized carbons (Fsp3) is 0.238. The molecule has 26 heavy (non-hydrogen) atoms. The van der Waals surface area contributed by atoms with E-state index in [9.17, 15) is 9.59 Å². The first-order chi connectivity index (χ1) is 12.5. The molecule has 5 nitrogen and oxygen atoms in total. The number of hydrogen-bond donors (Lipinski definition) is 2. The van der Waals surface area contributed by atoms with E-state index in [2.05, 4.69) is 5.32 Å². The third kappa shape index (κ3) is 2.61. The van der Waals surface area contributed by atoms with Crippen molar-refractivity contribution in [1.82, 2.24) is 5.32 Å². The monoisotopic (exact) mass is 348 g/mol. The van der Waals surface area contributed by atoms with E-state index in [0.717, 1.165) is 11.5 Å². The van der Waals surface area contributed by atoms with Crippen LogP contribution in [0.15, 0.2) is 71.2 Å². The quantitative estimate of drug-likeness (QED) is 0.821. The summed E-state index contributed by atoms with van der Waals surface area (Å²) in [4.78, 5) is 25.9. The highest BCUT2D eigenvalue weighted by Crippen LogP contribution is 2.36. The van der Waals surface area contributed by atoms with E-state index in [-0.39, 0.29) is 11.6 Å². The Bertz CT molecular complexity index is 936. The lowest BCUT2D eigenvalue weighted by Crippen LogP contribution is -2.52. The maximum Gasteiger partial charge on any atom is 0.196 e. The normalized spacial score (nSPS) is 24.5. The minimum Gasteiger partial charge on any atom is -0.497 e. The molecule has 3 N–H and O–H groups in total. The first kappa shape index (κ1) is 16.5. The summed E-state index contributed by atoms with van der Waals surface area (Å²) >= 11 is 0. The van der Waals surface area contributed by atoms with E-state index in [4.69, 9.17) is 10.5 Å². The number of ketones is 2. The highest BCUT2D eigenvalue weighted by Gasteiger charge is 2.37. The van der Waals surface area contributed by atoms with E-state index >= 15 is 0 Å². The number of rotatable bonds is 3. The fourth-order valence-corrected chi connectivity index (χ4v) is 3.66. The lowest BCUT2D eigenvalue weighted by Gasteiger charge is -2.34. The second-order valence-electron chi connectivity index (χ2n) is 6.73. The standard InChI is InChI=1S/C21H20N2O3/c1-26-13-9-11-21(22,12-10-13)23-17-8-4-7-16-18(17)20(25)15-6-3-2-5-14(15)19(16)24/h2-3,5-7,9-11,23H,4,8,12,22H2,1H3. The van der Waals surface area contributed by atoms with Gasteiger partial charge in [0, 0.05) is 28.8 Å². The minimum atomic E-state index is -0.812. The summed E-state index contributed by atoms with van der Waals surface area (Å²) in [7, 11) is 1.61. The van der Waals surface area contributed by atoms with Crippen LogP contribution in [0, 0.1) is 0 Å². The van der Waals surface area contributed by atoms with E-state index in [1.165, 1.54) is 0 Å². The third-order valence-electron chi connectivity index (χ3n) is 5.01. The number of nitrogens with two attached hydrogens (primary N) is 1. The minimum absolute atomic E-state index is 0.0963. The summed E-state index contributed by atoms with van der Waals surface area (Å²) in [6, 6.07) is 6.97. The summed E-state index contributed by atoms with van der Waals surface area (Å²) in [6.07, 6.45) is 9.28. The molecule has 0 aromatic heterocycles. The van der Waals surface area contributed by atoms with Crippen molar-refractivity contribution in [3.05, 3.63) is 82.3 Å². The molecular weight excluding hydrogens is 328 g/mol. The predicted molar refractivity (Wildman–Crippen MR) is 98.3 cm³/mol. The Labute approximate surface area is 151 Å². The second kappa shape index (κ2) is 6.11. The number of nitrogens with one attached hydrogen (secondary N) is 1. The van der Waals surface area contributed by atoms with Crippen LogP contribution in [-0.4, -0.2) is 24.3 Å². The van der Waals surface area contributed by atoms with Crippen LogP contribution in [0.5, 0.6) is 0 Å². The van der Waals surface area contributed by atoms with Crippen molar-refractivity contribution in [2.45, 2.75) is 24.9 Å². The molecule has 5 heteroatoms. The molecule has 3 aliphatic carbocycles. The maximum atomic E-state index is 13.1. The molecule has 0 spiro atoms. The number of carbonyl (C=O) groups is 2. The van der Waals surface area contributed by atoms with Gasteiger partial charge >= 0.3 is 0 Å². The number of Topliss-reactive ketones (excluding diaryl/α,β-unsaturated/α-hetero) is 2. The van der Waals surface area contributed by atoms with Gasteiger partial charge in [-0.1, -0.05) is 30.3 Å². The van der Waals surface area contributed by atoms with Gasteiger partial charge in [0.1, 0.15) is 11.4 Å². The van der Waals surface area contributed by atoms with Crippen LogP contribution < -0.4 is 11.1 Å². The van der Waals surface area contributed by atoms with Crippen LogP contribution in [0.1, 0.15) is 40.0 Å². The number of ether oxygens (including phenoxy) is 1. The largest absolute Gasteiger partial charge is 0.497 e. The Morgan fingerprint density at radius 2 is 1.85 bits per heavy atom. The molecule has 0 aliphatic heterocycles. The lowest BCUT2D eigenvalue weighted by atomic mass is 9.78. The first-order valence-corrected chi connectivity index (χ1v) is 8.65. The lowest BCUT2D eigenvalue weighted by molar-refractivity contribution is 0.0969. The molecule has 4 rings (SSSR count). The summed E-state index contributed by atoms with van der Waals surface area (Å²) < 4.78 is 5.20. The Balaban J connectivity index is 1.74. The Morgan fingerprint density at radius 1 is 1.12 bits per heavy atom. The molecule has 0 amide bonds. The highest BCUT2D eigenvalue weighted by atomic mass is 16.5. The molecule has 3 aliphatic rings. The van der Waals surface area contributed by atoms with Gasteiger partial charge in [0.2, 0.25) is 0 Å². The zero-order valence-electron chi connectivity index (χ0n) is 14.5. The van der Waals surface area contributed by atoms with Gasteiger partial charge in [-0.15, -0.1) is 0 Å². The van der Waals surface area contributed by atoms with Crippen molar-refractivity contribution in [2.24, 2.45) is 5.73 Å². The summed E-state index contributed by atoms with van der Waals surface area (Å²) in [5.74, 6) is 0.541. The van der Waals surface area contributed by atoms with Crippen LogP contribution >= 0.6 is 0 Å². The summed E-state index contributed by atoms with van der Waals surface area (Å²) in [5.41, 5.74) is 8.25. The number of fused-ring (bicyclic) bond motifs is 2. The Kier molecular flexibility index (Phi) is 3.89. The summed E-state index contributed by atoms with van der Waals surface area (Å²) in [5, 5.41) is 3.32. The first-order valence-electron chi connectivity index (χ1n) is 8.65. The number of carbonyl (C=O) groups excluding carboxylic acids is 2. The zero-order chi connectivity index (χ0) is 18.3. The molecule has 0 bridgehead atoms. The van der Waals surface area contributed by atoms with Crippen LogP contribution in [0.25, 0.3) is 0 Å². The number of allylic oxidation sites excluding steroid dienone is 5. The fourth-order valence-electron chi connectivity index (χ4n) is 3.66. The van der Waals surface area contributed by atoms with E-state index < -0.39 is 5.66 Å². The van der Waals surface area contributed by atoms with Crippen molar-refractivity contribution in [2.75, 3.05) is 7.11 Å². The molecule has 1 aromatic carbocycles. The molecular formula is C21H20N2O3. The number of methoxy groups -OCH3 is 1. The van der Waals surface area contributed by atoms with Gasteiger partial charge < -0.3 is 15.8 Å². The van der Waals surface area contributed by atoms with E-state index in [0.29, 0.717) is 41.5 Å². The molecule has 132 valence electrons. The van der Waals surface area contributed by atoms with Crippen molar-refractivity contribution < 1.29 is 14.3 Å². The number of benzene rings is 1. The topological polar surface area (TPSA) is 81.4 Å². The molecule has 1 aromatic rings. The van der Waals surface area contributed by atoms with E-state index in [1.807, 2.05) is 24.3 Å². The van der Waals surface area contributed by atoms with Gasteiger partial charge in [-0.3, -0.25) is 9.59 Å². The van der Waals surface area contributed by atoms with Crippen molar-refractivity contribution in [3.8, 4) is 0 Å². The summed E-state index contributed by atoms with van der Waals surface area (Å²) in [6.45, 7) is 0. The molecule has 0 fully saturated rings. The van der Waals surface area contributed by atoms with Gasteiger partial charge in [0.15, 0.2) is 11.6 Å². The van der Waals surface area contributed by atoms with Gasteiger partial charge in [-0.25, -0.2) is 0 Å². The molecule has 1 unspecified atom stereocenters. The van der Waals surface area contributed by atoms with E-state index in [1.54, 1.807) is 31.4 Å². The zero-order valence-corrected chi connectivity index (χ0v) is 14.5. The average molecular weight is 348 g/mol. The second-order valence-corrected chi connectivity index (χ2v) is 6.73. The van der Waals surface area contributed by atoms with Crippen molar-refractivity contribution in [1.29, 1.82) is 0 Å². The molecule has 0 saturated heterocycles. The third-order valence-corrected chi connectivity index (χ3v) is 5.01. The number of hydrogen-bond acceptors (Lipinski definition) is 5. The van der Waals surface area contributed by atoms with Gasteiger partial charge in [-0.2, -0.15) is 0 Å². The highest BCUT2D eigenvalue weighted by molar-refractivity contribution is 6.31. The van der Waals surface area contributed by atoms with Crippen LogP contribution in [-0.2, 0) is 4.74 Å². The predicted octanol–water partition coefficient (Wildman–Crippen LogP) is 2.77. The van der Waals surface area contributed by atoms with Gasteiger partial charge in [0.25, 0.3) is 0 Å². The van der Waals surface area contributed by atoms with Crippen LogP contribution in [0.3, 0.4) is 0 Å². The van der Waals surface area contributed by atoms with Gasteiger partial charge in [0.05, 0.1) is 12.7 Å². The van der Waals surface area contributed by atoms with Gasteiger partial charge in [-0.05, 0) is 31.1 Å². The van der Waals surface area contributed by atoms with Crippen molar-refractivity contribution in [3.63, 3.8) is 0 Å². The Hall–Kier alpha value is -2.92. The Morgan fingerprint density at radius 3 is 2.50 bits per heavy atom. The van der Waals surface area contributed by atoms with Crippen LogP contribution in [0.2, 0.25) is 0 Å². The molecule has 0 radical (unpaired) electrons. The molecule has 0 heterocycles. The maximum absolute atomic E-state index is 13.1. The van der Waals surface area contributed by atoms with Crippen LogP contribution in [0.4, 0.5) is 0 Å². The smallest absolute Gasteiger partial charge is 0.196 e. The average Bonchev–Trinajstić information content (AvgIpc) is 2.66. The molecule has 1 atom stereocenters.